The van der Waals surface area contributed by atoms with Crippen LogP contribution in [0.1, 0.15) is 29.9 Å². The second kappa shape index (κ2) is 13.4. The minimum absolute atomic E-state index is 0.141. The van der Waals surface area contributed by atoms with Crippen LogP contribution < -0.4 is 4.74 Å². The molecule has 1 atom stereocenters. The summed E-state index contributed by atoms with van der Waals surface area (Å²) in [6.45, 7) is 5.25. The van der Waals surface area contributed by atoms with Crippen molar-refractivity contribution in [1.29, 1.82) is 0 Å². The van der Waals surface area contributed by atoms with Crippen molar-refractivity contribution in [2.45, 2.75) is 25.6 Å². The summed E-state index contributed by atoms with van der Waals surface area (Å²) in [6.07, 6.45) is -5.12. The molecule has 0 aliphatic carbocycles. The number of amides is 1. The van der Waals surface area contributed by atoms with E-state index in [-0.39, 0.29) is 17.9 Å². The van der Waals surface area contributed by atoms with Crippen LogP contribution >= 0.6 is 12.2 Å². The molecule has 1 saturated heterocycles. The Morgan fingerprint density at radius 1 is 1.09 bits per heavy atom. The van der Waals surface area contributed by atoms with Gasteiger partial charge in [-0.25, -0.2) is 9.37 Å². The molecule has 44 heavy (non-hydrogen) atoms. The average Bonchev–Trinajstić information content (AvgIpc) is 3.01. The molecule has 1 aromatic heterocycles. The number of rotatable bonds is 9. The van der Waals surface area contributed by atoms with Crippen molar-refractivity contribution in [2.24, 2.45) is 0 Å². The molecule has 1 aliphatic heterocycles. The fourth-order valence-electron chi connectivity index (χ4n) is 5.33. The van der Waals surface area contributed by atoms with Crippen LogP contribution in [0.3, 0.4) is 0 Å². The van der Waals surface area contributed by atoms with E-state index in [4.69, 9.17) is 26.7 Å². The molecule has 1 fully saturated rings. The summed E-state index contributed by atoms with van der Waals surface area (Å²) in [5.41, 5.74) is 0.156. The van der Waals surface area contributed by atoms with Crippen molar-refractivity contribution >= 4 is 29.0 Å². The number of carbonyl (C=O) groups is 1. The Labute approximate surface area is 257 Å². The number of hydrogen-bond donors (Lipinski definition) is 0. The molecule has 1 unspecified atom stereocenters. The second-order valence-electron chi connectivity index (χ2n) is 10.5. The lowest BCUT2D eigenvalue weighted by Crippen LogP contribution is -2.44. The van der Waals surface area contributed by atoms with Gasteiger partial charge in [0.15, 0.2) is 0 Å². The third-order valence-corrected chi connectivity index (χ3v) is 8.15. The van der Waals surface area contributed by atoms with Crippen LogP contribution in [0.25, 0.3) is 16.6 Å². The van der Waals surface area contributed by atoms with Crippen LogP contribution in [-0.2, 0) is 22.1 Å². The lowest BCUT2D eigenvalue weighted by atomic mass is 10.1. The SMILES string of the molecule is COc1ccc(-n2c(C(C)N(CCN3CCOCC3)C(=O)Cc3ccc(C(F)(F)F)c(F)c3)nc3ccccc3c2=S)cc1. The van der Waals surface area contributed by atoms with Crippen molar-refractivity contribution in [3.8, 4) is 11.4 Å². The molecule has 3 aromatic carbocycles. The van der Waals surface area contributed by atoms with E-state index in [1.54, 1.807) is 24.1 Å². The number of carbonyl (C=O) groups excluding carboxylic acids is 1. The van der Waals surface area contributed by atoms with Crippen LogP contribution in [0.4, 0.5) is 17.6 Å². The highest BCUT2D eigenvalue weighted by Gasteiger charge is 2.34. The molecule has 7 nitrogen and oxygen atoms in total. The zero-order valence-corrected chi connectivity index (χ0v) is 25.1. The van der Waals surface area contributed by atoms with Gasteiger partial charge in [0.05, 0.1) is 43.9 Å². The van der Waals surface area contributed by atoms with Gasteiger partial charge in [-0.1, -0.05) is 30.4 Å². The number of hydrogen-bond acceptors (Lipinski definition) is 6. The van der Waals surface area contributed by atoms with E-state index in [1.165, 1.54) is 0 Å². The number of benzene rings is 3. The van der Waals surface area contributed by atoms with Crippen molar-refractivity contribution < 1.29 is 31.8 Å². The third kappa shape index (κ3) is 6.92. The zero-order chi connectivity index (χ0) is 31.4. The van der Waals surface area contributed by atoms with Crippen molar-refractivity contribution in [3.05, 3.63) is 94.1 Å². The van der Waals surface area contributed by atoms with E-state index in [1.807, 2.05) is 47.9 Å². The largest absolute Gasteiger partial charge is 0.497 e. The van der Waals surface area contributed by atoms with E-state index in [0.29, 0.717) is 67.2 Å². The van der Waals surface area contributed by atoms with Crippen molar-refractivity contribution in [3.63, 3.8) is 0 Å². The topological polar surface area (TPSA) is 59.8 Å². The standard InChI is InChI=1S/C32H32F4N4O3S/c1-21(30-37-28-6-4-3-5-25(28)31(44)40(30)23-8-10-24(42-2)11-9-23)39(14-13-38-15-17-43-18-16-38)29(41)20-22-7-12-26(27(33)19-22)32(34,35)36/h3-12,19,21H,13-18,20H2,1-2H3. The van der Waals surface area contributed by atoms with Crippen LogP contribution in [0.2, 0.25) is 0 Å². The normalized spacial score (nSPS) is 14.9. The van der Waals surface area contributed by atoms with Crippen molar-refractivity contribution in [1.82, 2.24) is 19.4 Å². The molecule has 1 aliphatic rings. The van der Waals surface area contributed by atoms with Crippen LogP contribution in [0, 0.1) is 10.5 Å². The predicted molar refractivity (Wildman–Crippen MR) is 161 cm³/mol. The number of ether oxygens (including phenoxy) is 2. The van der Waals surface area contributed by atoms with Gasteiger partial charge in [0, 0.05) is 37.3 Å². The van der Waals surface area contributed by atoms with E-state index >= 15 is 0 Å². The molecule has 1 amide bonds. The summed E-state index contributed by atoms with van der Waals surface area (Å²) >= 11 is 5.96. The first-order chi connectivity index (χ1) is 21.1. The van der Waals surface area contributed by atoms with Crippen molar-refractivity contribution in [2.75, 3.05) is 46.5 Å². The molecular formula is C32H32F4N4O3S. The number of methoxy groups -OCH3 is 1. The molecule has 0 N–H and O–H groups in total. The monoisotopic (exact) mass is 628 g/mol. The fourth-order valence-corrected chi connectivity index (χ4v) is 5.70. The Bertz CT molecular complexity index is 1690. The van der Waals surface area contributed by atoms with Crippen LogP contribution in [0.15, 0.2) is 66.7 Å². The lowest BCUT2D eigenvalue weighted by Gasteiger charge is -2.34. The van der Waals surface area contributed by atoms with Crippen LogP contribution in [0.5, 0.6) is 5.75 Å². The highest BCUT2D eigenvalue weighted by atomic mass is 32.1. The van der Waals surface area contributed by atoms with E-state index in [0.717, 1.165) is 23.2 Å². The first-order valence-corrected chi connectivity index (χ1v) is 14.6. The van der Waals surface area contributed by atoms with E-state index < -0.39 is 23.6 Å². The van der Waals surface area contributed by atoms with E-state index in [2.05, 4.69) is 4.90 Å². The van der Waals surface area contributed by atoms with Gasteiger partial charge >= 0.3 is 6.18 Å². The first kappa shape index (κ1) is 31.6. The van der Waals surface area contributed by atoms with Gasteiger partial charge in [-0.05, 0) is 61.0 Å². The minimum atomic E-state index is -4.83. The molecule has 0 saturated carbocycles. The number of alkyl halides is 3. The third-order valence-electron chi connectivity index (χ3n) is 7.75. The molecule has 12 heteroatoms. The van der Waals surface area contributed by atoms with E-state index in [9.17, 15) is 22.4 Å². The van der Waals surface area contributed by atoms with Gasteiger partial charge in [0.25, 0.3) is 0 Å². The summed E-state index contributed by atoms with van der Waals surface area (Å²) in [5, 5.41) is 0.765. The summed E-state index contributed by atoms with van der Waals surface area (Å²) in [5.74, 6) is -0.630. The second-order valence-corrected chi connectivity index (χ2v) is 10.9. The Balaban J connectivity index is 1.55. The predicted octanol–water partition coefficient (Wildman–Crippen LogP) is 6.39. The van der Waals surface area contributed by atoms with Gasteiger partial charge in [0.2, 0.25) is 5.91 Å². The summed E-state index contributed by atoms with van der Waals surface area (Å²) in [4.78, 5) is 22.7. The number of para-hydroxylation sites is 1. The first-order valence-electron chi connectivity index (χ1n) is 14.2. The molecule has 5 rings (SSSR count). The quantitative estimate of drug-likeness (QED) is 0.158. The highest BCUT2D eigenvalue weighted by molar-refractivity contribution is 7.71. The maximum atomic E-state index is 14.4. The number of nitrogens with zero attached hydrogens (tertiary/aromatic N) is 4. The Kier molecular flexibility index (Phi) is 9.62. The van der Waals surface area contributed by atoms with Gasteiger partial charge in [-0.15, -0.1) is 0 Å². The highest BCUT2D eigenvalue weighted by Crippen LogP contribution is 2.32. The molecule has 0 spiro atoms. The van der Waals surface area contributed by atoms with Gasteiger partial charge in [-0.3, -0.25) is 14.3 Å². The maximum Gasteiger partial charge on any atom is 0.419 e. The maximum absolute atomic E-state index is 14.4. The molecule has 232 valence electrons. The zero-order valence-electron chi connectivity index (χ0n) is 24.3. The van der Waals surface area contributed by atoms with Gasteiger partial charge in [0.1, 0.15) is 22.0 Å². The number of aromatic nitrogens is 2. The summed E-state index contributed by atoms with van der Waals surface area (Å²) in [7, 11) is 1.58. The Hall–Kier alpha value is -3.87. The molecule has 0 radical (unpaired) electrons. The Morgan fingerprint density at radius 3 is 2.45 bits per heavy atom. The number of fused-ring (bicyclic) bond motifs is 1. The Morgan fingerprint density at radius 2 is 1.80 bits per heavy atom. The van der Waals surface area contributed by atoms with Gasteiger partial charge < -0.3 is 14.4 Å². The molecule has 4 aromatic rings. The molecular weight excluding hydrogens is 596 g/mol. The van der Waals surface area contributed by atoms with Gasteiger partial charge in [-0.2, -0.15) is 13.2 Å². The summed E-state index contributed by atoms with van der Waals surface area (Å²) < 4.78 is 67.0. The smallest absolute Gasteiger partial charge is 0.419 e. The molecule has 2 heterocycles. The summed E-state index contributed by atoms with van der Waals surface area (Å²) in [6, 6.07) is 16.8. The number of halogens is 4. The average molecular weight is 629 g/mol. The van der Waals surface area contributed by atoms with Crippen LogP contribution in [-0.4, -0.2) is 71.8 Å². The minimum Gasteiger partial charge on any atom is -0.497 e. The molecule has 0 bridgehead atoms. The number of morpholine rings is 1. The lowest BCUT2D eigenvalue weighted by molar-refractivity contribution is -0.140. The fraction of sp³-hybridized carbons (Fsp3) is 0.344.